The molecule has 0 aliphatic rings. The normalized spacial score (nSPS) is 13.7. The Labute approximate surface area is 81.8 Å². The van der Waals surface area contributed by atoms with Crippen LogP contribution < -0.4 is 0 Å². The van der Waals surface area contributed by atoms with Gasteiger partial charge in [0.15, 0.2) is 0 Å². The van der Waals surface area contributed by atoms with Gasteiger partial charge in [-0.15, -0.1) is 0 Å². The van der Waals surface area contributed by atoms with Crippen LogP contribution in [0.1, 0.15) is 6.42 Å². The first-order valence-electron chi connectivity index (χ1n) is 3.25. The molecule has 5 nitrogen and oxygen atoms in total. The lowest BCUT2D eigenvalue weighted by atomic mass is 10.2. The van der Waals surface area contributed by atoms with E-state index in [0.717, 1.165) is 0 Å². The molecule has 0 aromatic rings. The van der Waals surface area contributed by atoms with Crippen molar-refractivity contribution in [3.8, 4) is 0 Å². The van der Waals surface area contributed by atoms with Crippen molar-refractivity contribution in [1.29, 1.82) is 0 Å². The van der Waals surface area contributed by atoms with Gasteiger partial charge in [-0.2, -0.15) is 26.0 Å². The molecule has 0 atom stereocenters. The molecule has 10 heteroatoms. The molecular weight excluding hydrogens is 248 g/mol. The molecule has 90 valence electrons. The van der Waals surface area contributed by atoms with Gasteiger partial charge in [0.25, 0.3) is 0 Å². The number of hydrogen-bond donors (Lipinski definition) is 1. The van der Waals surface area contributed by atoms with Crippen LogP contribution in [0.4, 0.5) is 17.6 Å². The standard InChI is InChI=1S/C5H6F4O5S/c1-14-3(10)2-4(6,7)5(8,9)15(11,12)13/h2H2,1H3,(H,11,12,13). The van der Waals surface area contributed by atoms with E-state index in [1.807, 2.05) is 0 Å². The van der Waals surface area contributed by atoms with E-state index in [9.17, 15) is 30.8 Å². The number of halogens is 4. The van der Waals surface area contributed by atoms with Crippen LogP contribution in [-0.4, -0.2) is 37.2 Å². The molecule has 0 heterocycles. The number of methoxy groups -OCH3 is 1. The van der Waals surface area contributed by atoms with E-state index in [1.165, 1.54) is 0 Å². The van der Waals surface area contributed by atoms with E-state index in [-0.39, 0.29) is 0 Å². The van der Waals surface area contributed by atoms with Gasteiger partial charge in [0, 0.05) is 0 Å². The number of hydrogen-bond acceptors (Lipinski definition) is 4. The SMILES string of the molecule is COC(=O)CC(F)(F)C(F)(F)S(=O)(=O)O. The summed E-state index contributed by atoms with van der Waals surface area (Å²) >= 11 is 0. The Bertz CT molecular complexity index is 348. The average molecular weight is 254 g/mol. The Kier molecular flexibility index (Phi) is 3.69. The van der Waals surface area contributed by atoms with Crippen LogP contribution in [0.5, 0.6) is 0 Å². The monoisotopic (exact) mass is 254 g/mol. The van der Waals surface area contributed by atoms with E-state index >= 15 is 0 Å². The van der Waals surface area contributed by atoms with Crippen molar-refractivity contribution >= 4 is 16.1 Å². The Morgan fingerprint density at radius 3 is 2.00 bits per heavy atom. The van der Waals surface area contributed by atoms with Crippen molar-refractivity contribution in [1.82, 2.24) is 0 Å². The molecule has 1 N–H and O–H groups in total. The molecule has 0 fully saturated rings. The molecule has 0 bridgehead atoms. The highest BCUT2D eigenvalue weighted by Gasteiger charge is 2.66. The number of esters is 1. The molecule has 0 saturated carbocycles. The first kappa shape index (κ1) is 14.1. The molecule has 0 amide bonds. The van der Waals surface area contributed by atoms with Crippen LogP contribution in [-0.2, 0) is 19.6 Å². The van der Waals surface area contributed by atoms with Gasteiger partial charge in [-0.25, -0.2) is 0 Å². The van der Waals surface area contributed by atoms with Crippen LogP contribution in [0.15, 0.2) is 0 Å². The van der Waals surface area contributed by atoms with Crippen LogP contribution >= 0.6 is 0 Å². The average Bonchev–Trinajstić information content (AvgIpc) is 2.00. The van der Waals surface area contributed by atoms with Gasteiger partial charge in [-0.1, -0.05) is 0 Å². The summed E-state index contributed by atoms with van der Waals surface area (Å²) in [5.41, 5.74) is 0. The lowest BCUT2D eigenvalue weighted by Gasteiger charge is -2.22. The van der Waals surface area contributed by atoms with E-state index in [2.05, 4.69) is 4.74 Å². The van der Waals surface area contributed by atoms with Crippen LogP contribution in [0, 0.1) is 0 Å². The Hall–Kier alpha value is -0.900. The van der Waals surface area contributed by atoms with Gasteiger partial charge < -0.3 is 4.74 Å². The minimum atomic E-state index is -6.31. The maximum atomic E-state index is 12.5. The summed E-state index contributed by atoms with van der Waals surface area (Å²) in [5.74, 6) is -6.98. The van der Waals surface area contributed by atoms with Gasteiger partial charge in [-0.05, 0) is 0 Å². The molecule has 0 aromatic heterocycles. The minimum absolute atomic E-state index is 0.657. The van der Waals surface area contributed by atoms with Crippen molar-refractivity contribution in [2.24, 2.45) is 0 Å². The molecule has 0 rings (SSSR count). The fraction of sp³-hybridized carbons (Fsp3) is 0.800. The van der Waals surface area contributed by atoms with Gasteiger partial charge >= 0.3 is 27.3 Å². The fourth-order valence-corrected chi connectivity index (χ4v) is 0.995. The summed E-state index contributed by atoms with van der Waals surface area (Å²) in [6.07, 6.45) is -2.16. The molecule has 15 heavy (non-hydrogen) atoms. The zero-order valence-corrected chi connectivity index (χ0v) is 8.02. The van der Waals surface area contributed by atoms with E-state index in [0.29, 0.717) is 7.11 Å². The zero-order valence-electron chi connectivity index (χ0n) is 7.21. The van der Waals surface area contributed by atoms with Gasteiger partial charge in [-0.3, -0.25) is 9.35 Å². The van der Waals surface area contributed by atoms with Crippen molar-refractivity contribution in [3.63, 3.8) is 0 Å². The Morgan fingerprint density at radius 1 is 1.33 bits per heavy atom. The van der Waals surface area contributed by atoms with Crippen molar-refractivity contribution in [3.05, 3.63) is 0 Å². The second-order valence-corrected chi connectivity index (χ2v) is 3.91. The number of ether oxygens (including phenoxy) is 1. The van der Waals surface area contributed by atoms with Crippen LogP contribution in [0.3, 0.4) is 0 Å². The Balaban J connectivity index is 5.11. The third-order valence-electron chi connectivity index (χ3n) is 1.34. The zero-order chi connectivity index (χ0) is 12.5. The smallest absolute Gasteiger partial charge is 0.432 e. The number of carbonyl (C=O) groups excluding carboxylic acids is 1. The number of carbonyl (C=O) groups is 1. The highest BCUT2D eigenvalue weighted by Crippen LogP contribution is 2.40. The summed E-state index contributed by atoms with van der Waals surface area (Å²) < 4.78 is 81.3. The summed E-state index contributed by atoms with van der Waals surface area (Å²) in [7, 11) is -5.65. The molecule has 0 saturated heterocycles. The summed E-state index contributed by atoms with van der Waals surface area (Å²) in [5, 5.41) is -5.74. The molecule has 0 radical (unpaired) electrons. The third-order valence-corrected chi connectivity index (χ3v) is 2.29. The topological polar surface area (TPSA) is 80.7 Å². The van der Waals surface area contributed by atoms with Crippen molar-refractivity contribution < 1.29 is 40.1 Å². The van der Waals surface area contributed by atoms with Gasteiger partial charge in [0.1, 0.15) is 6.42 Å². The van der Waals surface area contributed by atoms with E-state index in [4.69, 9.17) is 4.55 Å². The predicted octanol–water partition coefficient (Wildman–Crippen LogP) is 0.665. The maximum absolute atomic E-state index is 12.5. The van der Waals surface area contributed by atoms with E-state index < -0.39 is 33.7 Å². The second kappa shape index (κ2) is 3.93. The lowest BCUT2D eigenvalue weighted by molar-refractivity contribution is -0.180. The maximum Gasteiger partial charge on any atom is 0.432 e. The highest BCUT2D eigenvalue weighted by atomic mass is 32.2. The summed E-state index contributed by atoms with van der Waals surface area (Å²) in [4.78, 5) is 10.3. The minimum Gasteiger partial charge on any atom is -0.469 e. The summed E-state index contributed by atoms with van der Waals surface area (Å²) in [6, 6.07) is 0. The first-order chi connectivity index (χ1) is 6.45. The molecule has 0 aliphatic carbocycles. The third kappa shape index (κ3) is 2.78. The van der Waals surface area contributed by atoms with E-state index in [1.54, 1.807) is 0 Å². The van der Waals surface area contributed by atoms with Crippen molar-refractivity contribution in [2.75, 3.05) is 7.11 Å². The molecule has 0 unspecified atom stereocenters. The molecule has 0 spiro atoms. The second-order valence-electron chi connectivity index (χ2n) is 2.45. The molecule has 0 aromatic carbocycles. The number of alkyl halides is 4. The first-order valence-corrected chi connectivity index (χ1v) is 4.69. The highest BCUT2D eigenvalue weighted by molar-refractivity contribution is 7.87. The van der Waals surface area contributed by atoms with Crippen LogP contribution in [0.25, 0.3) is 0 Å². The predicted molar refractivity (Wildman–Crippen MR) is 38.1 cm³/mol. The molecule has 0 aliphatic heterocycles. The van der Waals surface area contributed by atoms with Gasteiger partial charge in [0.05, 0.1) is 7.11 Å². The lowest BCUT2D eigenvalue weighted by Crippen LogP contribution is -2.48. The largest absolute Gasteiger partial charge is 0.469 e. The van der Waals surface area contributed by atoms with Crippen LogP contribution in [0.2, 0.25) is 0 Å². The summed E-state index contributed by atoms with van der Waals surface area (Å²) in [6.45, 7) is 0. The number of rotatable bonds is 4. The Morgan fingerprint density at radius 2 is 1.73 bits per heavy atom. The fourth-order valence-electron chi connectivity index (χ4n) is 0.545. The van der Waals surface area contributed by atoms with Crippen molar-refractivity contribution in [2.45, 2.75) is 17.6 Å². The molecular formula is C5H6F4O5S. The van der Waals surface area contributed by atoms with Gasteiger partial charge in [0.2, 0.25) is 0 Å². The quantitative estimate of drug-likeness (QED) is 0.453.